The van der Waals surface area contributed by atoms with Crippen LogP contribution in [0.15, 0.2) is 60.7 Å². The summed E-state index contributed by atoms with van der Waals surface area (Å²) in [5, 5.41) is 0. The van der Waals surface area contributed by atoms with Gasteiger partial charge in [-0.1, -0.05) is 44.9 Å². The van der Waals surface area contributed by atoms with Crippen LogP contribution in [0.4, 0.5) is 39.5 Å². The standard InChI is InChI=1S/C43H45F9NO2/c1-4-6-15-53(16-7-5-2)25-35-33(28-19-27(3)20-30(21-28)41(44,45)46)11-13-37-39(35)40-36(26-53)34(12-14-38(40)55-18-10-8-9-17-54-37)29-22-31(42(47,48)49)24-32(23-29)43(50,51)52/h11-14,19-24H,4-10,15-18,25-26H2,1-3H3/q+1. The van der Waals surface area contributed by atoms with Crippen molar-refractivity contribution in [1.29, 1.82) is 0 Å². The van der Waals surface area contributed by atoms with Gasteiger partial charge in [0.2, 0.25) is 0 Å². The Morgan fingerprint density at radius 2 is 0.964 bits per heavy atom. The van der Waals surface area contributed by atoms with Crippen molar-refractivity contribution < 1.29 is 53.5 Å². The van der Waals surface area contributed by atoms with E-state index in [0.29, 0.717) is 101 Å². The average molecular weight is 779 g/mol. The van der Waals surface area contributed by atoms with Crippen LogP contribution in [-0.2, 0) is 31.6 Å². The fourth-order valence-corrected chi connectivity index (χ4v) is 8.01. The zero-order chi connectivity index (χ0) is 39.8. The molecule has 2 aliphatic rings. The summed E-state index contributed by atoms with van der Waals surface area (Å²) >= 11 is 0. The van der Waals surface area contributed by atoms with Crippen molar-refractivity contribution in [3.63, 3.8) is 0 Å². The molecule has 0 saturated heterocycles. The van der Waals surface area contributed by atoms with Gasteiger partial charge in [-0.15, -0.1) is 0 Å². The van der Waals surface area contributed by atoms with E-state index in [9.17, 15) is 39.5 Å². The second-order valence-electron chi connectivity index (χ2n) is 14.9. The predicted octanol–water partition coefficient (Wildman–Crippen LogP) is 13.4. The molecule has 12 heteroatoms. The molecule has 4 aromatic carbocycles. The second-order valence-corrected chi connectivity index (χ2v) is 14.9. The minimum absolute atomic E-state index is 0.128. The molecule has 0 aliphatic carbocycles. The molecule has 55 heavy (non-hydrogen) atoms. The molecule has 4 aromatic rings. The minimum atomic E-state index is -5.06. The van der Waals surface area contributed by atoms with Gasteiger partial charge in [-0.05, 0) is 109 Å². The van der Waals surface area contributed by atoms with E-state index in [1.807, 2.05) is 13.8 Å². The maximum absolute atomic E-state index is 14.3. The van der Waals surface area contributed by atoms with Gasteiger partial charge in [0.1, 0.15) is 24.6 Å². The number of nitrogens with zero attached hydrogens (tertiary/aromatic N) is 1. The lowest BCUT2D eigenvalue weighted by atomic mass is 9.85. The summed E-state index contributed by atoms with van der Waals surface area (Å²) in [7, 11) is 0. The fourth-order valence-electron chi connectivity index (χ4n) is 8.01. The van der Waals surface area contributed by atoms with Crippen molar-refractivity contribution in [2.75, 3.05) is 26.3 Å². The summed E-state index contributed by atoms with van der Waals surface area (Å²) in [6.45, 7) is 8.10. The van der Waals surface area contributed by atoms with E-state index in [1.54, 1.807) is 37.3 Å². The number of hydrogen-bond acceptors (Lipinski definition) is 2. The van der Waals surface area contributed by atoms with E-state index < -0.39 is 35.2 Å². The minimum Gasteiger partial charge on any atom is -0.493 e. The SMILES string of the molecule is CCCC[N+]1(CCCC)Cc2c(-c3cc(C)cc(C(F)(F)F)c3)ccc3c2-c2c(ccc(-c4cc(C(F)(F)F)cc(C(F)(F)F)c4)c2C1)OCCCCCO3. The predicted molar refractivity (Wildman–Crippen MR) is 195 cm³/mol. The number of benzene rings is 4. The van der Waals surface area contributed by atoms with Crippen molar-refractivity contribution in [1.82, 2.24) is 0 Å². The van der Waals surface area contributed by atoms with E-state index in [2.05, 4.69) is 0 Å². The molecule has 0 atom stereocenters. The summed E-state index contributed by atoms with van der Waals surface area (Å²) in [4.78, 5) is 0. The Hall–Kier alpha value is -4.19. The number of unbranched alkanes of at least 4 members (excludes halogenated alkanes) is 2. The molecule has 2 aliphatic heterocycles. The van der Waals surface area contributed by atoms with Crippen molar-refractivity contribution in [2.24, 2.45) is 0 Å². The molecular weight excluding hydrogens is 733 g/mol. The van der Waals surface area contributed by atoms with E-state index in [4.69, 9.17) is 9.47 Å². The number of ether oxygens (including phenoxy) is 2. The molecule has 0 amide bonds. The van der Waals surface area contributed by atoms with Crippen LogP contribution < -0.4 is 9.47 Å². The Morgan fingerprint density at radius 3 is 1.38 bits per heavy atom. The van der Waals surface area contributed by atoms with Crippen molar-refractivity contribution in [3.05, 3.63) is 94.0 Å². The molecule has 0 aromatic heterocycles. The maximum atomic E-state index is 14.3. The topological polar surface area (TPSA) is 18.5 Å². The highest BCUT2D eigenvalue weighted by Crippen LogP contribution is 2.52. The molecule has 0 radical (unpaired) electrons. The molecular formula is C43H45F9NO2+. The zero-order valence-corrected chi connectivity index (χ0v) is 31.1. The highest BCUT2D eigenvalue weighted by atomic mass is 19.4. The van der Waals surface area contributed by atoms with Crippen LogP contribution in [0.2, 0.25) is 0 Å². The highest BCUT2D eigenvalue weighted by Gasteiger charge is 2.41. The average Bonchev–Trinajstić information content (AvgIpc) is 3.29. The number of halogens is 9. The number of alkyl halides is 9. The molecule has 0 unspecified atom stereocenters. The van der Waals surface area contributed by atoms with Gasteiger partial charge in [0.05, 0.1) is 43.0 Å². The number of aryl methyl sites for hydroxylation is 1. The van der Waals surface area contributed by atoms with Gasteiger partial charge in [0.25, 0.3) is 0 Å². The number of rotatable bonds is 8. The van der Waals surface area contributed by atoms with Gasteiger partial charge in [-0.3, -0.25) is 0 Å². The van der Waals surface area contributed by atoms with Gasteiger partial charge < -0.3 is 14.0 Å². The van der Waals surface area contributed by atoms with Gasteiger partial charge in [-0.25, -0.2) is 0 Å². The van der Waals surface area contributed by atoms with Crippen LogP contribution in [0.5, 0.6) is 11.5 Å². The monoisotopic (exact) mass is 778 g/mol. The van der Waals surface area contributed by atoms with Crippen molar-refractivity contribution in [3.8, 4) is 44.9 Å². The largest absolute Gasteiger partial charge is 0.493 e. The third-order valence-electron chi connectivity index (χ3n) is 10.7. The van der Waals surface area contributed by atoms with Crippen molar-refractivity contribution in [2.45, 2.75) is 97.3 Å². The summed E-state index contributed by atoms with van der Waals surface area (Å²) in [6.07, 6.45) is -9.43. The molecule has 296 valence electrons. The van der Waals surface area contributed by atoms with Gasteiger partial charge in [0.15, 0.2) is 0 Å². The van der Waals surface area contributed by atoms with Crippen LogP contribution >= 0.6 is 0 Å². The Labute approximate surface area is 315 Å². The van der Waals surface area contributed by atoms with Crippen LogP contribution in [0.25, 0.3) is 33.4 Å². The molecule has 2 heterocycles. The molecule has 0 bridgehead atoms. The van der Waals surface area contributed by atoms with Crippen LogP contribution in [-0.4, -0.2) is 30.8 Å². The van der Waals surface area contributed by atoms with Gasteiger partial charge in [0, 0.05) is 22.3 Å². The first-order valence-corrected chi connectivity index (χ1v) is 18.9. The molecule has 0 fully saturated rings. The zero-order valence-electron chi connectivity index (χ0n) is 31.1. The second kappa shape index (κ2) is 15.7. The van der Waals surface area contributed by atoms with Crippen LogP contribution in [0.3, 0.4) is 0 Å². The first-order chi connectivity index (χ1) is 25.9. The summed E-state index contributed by atoms with van der Waals surface area (Å²) in [6, 6.07) is 12.2. The summed E-state index contributed by atoms with van der Waals surface area (Å²) in [5.74, 6) is 0.816. The summed E-state index contributed by atoms with van der Waals surface area (Å²) in [5.41, 5.74) is -0.156. The summed E-state index contributed by atoms with van der Waals surface area (Å²) < 4.78 is 142. The first kappa shape index (κ1) is 40.5. The first-order valence-electron chi connectivity index (χ1n) is 18.9. The molecule has 3 nitrogen and oxygen atoms in total. The maximum Gasteiger partial charge on any atom is 0.416 e. The Kier molecular flexibility index (Phi) is 11.6. The van der Waals surface area contributed by atoms with Gasteiger partial charge in [-0.2, -0.15) is 39.5 Å². The number of quaternary nitrogens is 1. The normalized spacial score (nSPS) is 16.0. The van der Waals surface area contributed by atoms with Crippen LogP contribution in [0.1, 0.15) is 92.2 Å². The lowest BCUT2D eigenvalue weighted by molar-refractivity contribution is -0.953. The Balaban J connectivity index is 1.77. The van der Waals surface area contributed by atoms with Crippen molar-refractivity contribution >= 4 is 0 Å². The number of hydrogen-bond donors (Lipinski definition) is 0. The quantitative estimate of drug-likeness (QED) is 0.131. The van der Waals surface area contributed by atoms with Gasteiger partial charge >= 0.3 is 18.5 Å². The van der Waals surface area contributed by atoms with Crippen LogP contribution in [0, 0.1) is 6.92 Å². The highest BCUT2D eigenvalue weighted by molar-refractivity contribution is 5.91. The lowest BCUT2D eigenvalue weighted by Gasteiger charge is -2.39. The Bertz CT molecular complexity index is 1970. The Morgan fingerprint density at radius 1 is 0.545 bits per heavy atom. The molecule has 0 N–H and O–H groups in total. The third-order valence-corrected chi connectivity index (χ3v) is 10.7. The van der Waals surface area contributed by atoms with E-state index in [1.165, 1.54) is 0 Å². The molecule has 0 spiro atoms. The molecule has 0 saturated carbocycles. The van der Waals surface area contributed by atoms with E-state index >= 15 is 0 Å². The lowest BCUT2D eigenvalue weighted by Crippen LogP contribution is -2.47. The molecule has 6 rings (SSSR count). The fraction of sp³-hybridized carbons (Fsp3) is 0.442. The third kappa shape index (κ3) is 8.79. The smallest absolute Gasteiger partial charge is 0.416 e. The van der Waals surface area contributed by atoms with E-state index in [-0.39, 0.29) is 23.7 Å². The van der Waals surface area contributed by atoms with E-state index in [0.717, 1.165) is 56.4 Å².